The molecule has 160 valence electrons. The number of aromatic hydroxyl groups is 1. The van der Waals surface area contributed by atoms with Crippen LogP contribution in [0.25, 0.3) is 4.96 Å². The van der Waals surface area contributed by atoms with Crippen molar-refractivity contribution in [1.82, 2.24) is 19.5 Å². The number of rotatable bonds is 5. The quantitative estimate of drug-likeness (QED) is 0.434. The first-order chi connectivity index (χ1) is 15.1. The van der Waals surface area contributed by atoms with E-state index >= 15 is 0 Å². The number of piperidine rings is 1. The fourth-order valence-electron chi connectivity index (χ4n) is 4.59. The van der Waals surface area contributed by atoms with Crippen molar-refractivity contribution in [3.8, 4) is 5.88 Å². The lowest BCUT2D eigenvalue weighted by atomic mass is 9.89. The third-order valence-electron chi connectivity index (χ3n) is 6.14. The average molecular weight is 453 g/mol. The molecule has 0 amide bonds. The monoisotopic (exact) mass is 452 g/mol. The number of aromatic nitrogens is 3. The zero-order valence-corrected chi connectivity index (χ0v) is 19.0. The van der Waals surface area contributed by atoms with Crippen LogP contribution in [-0.4, -0.2) is 37.7 Å². The molecule has 0 spiro atoms. The van der Waals surface area contributed by atoms with E-state index in [1.807, 2.05) is 25.1 Å². The number of hydrogen-bond acceptors (Lipinski definition) is 5. The maximum absolute atomic E-state index is 11.0. The van der Waals surface area contributed by atoms with Crippen LogP contribution in [0, 0.1) is 12.8 Å². The van der Waals surface area contributed by atoms with E-state index in [0.717, 1.165) is 42.8 Å². The molecule has 5 nitrogen and oxygen atoms in total. The van der Waals surface area contributed by atoms with Crippen LogP contribution in [0.4, 0.5) is 0 Å². The summed E-state index contributed by atoms with van der Waals surface area (Å²) in [5.74, 6) is 1.49. The Labute approximate surface area is 190 Å². The Morgan fingerprint density at radius 2 is 1.81 bits per heavy atom. The van der Waals surface area contributed by atoms with Crippen molar-refractivity contribution in [3.63, 3.8) is 0 Å². The van der Waals surface area contributed by atoms with E-state index in [4.69, 9.17) is 11.6 Å². The van der Waals surface area contributed by atoms with E-state index in [2.05, 4.69) is 51.4 Å². The lowest BCUT2D eigenvalue weighted by Crippen LogP contribution is -2.37. The second kappa shape index (κ2) is 8.61. The van der Waals surface area contributed by atoms with Crippen molar-refractivity contribution < 1.29 is 5.11 Å². The molecule has 31 heavy (non-hydrogen) atoms. The number of thiazole rings is 1. The van der Waals surface area contributed by atoms with Crippen molar-refractivity contribution in [3.05, 3.63) is 81.4 Å². The SMILES string of the molecule is Cc1nc2sc(C(c3ccccc3Cl)N3CCC(Cc4ccccc4)CC3)c(O)n2n1. The second-order valence-corrected chi connectivity index (χ2v) is 9.65. The number of halogens is 1. The molecule has 0 aliphatic carbocycles. The minimum atomic E-state index is -0.111. The Morgan fingerprint density at radius 3 is 2.52 bits per heavy atom. The molecule has 1 aliphatic rings. The zero-order valence-electron chi connectivity index (χ0n) is 17.4. The first-order valence-electron chi connectivity index (χ1n) is 10.7. The summed E-state index contributed by atoms with van der Waals surface area (Å²) in [4.78, 5) is 8.46. The highest BCUT2D eigenvalue weighted by molar-refractivity contribution is 7.17. The first-order valence-corrected chi connectivity index (χ1v) is 11.9. The molecule has 0 bridgehead atoms. The fourth-order valence-corrected chi connectivity index (χ4v) is 5.98. The molecule has 0 saturated carbocycles. The number of aryl methyl sites for hydroxylation is 1. The molecule has 0 radical (unpaired) electrons. The summed E-state index contributed by atoms with van der Waals surface area (Å²) in [6.07, 6.45) is 3.36. The van der Waals surface area contributed by atoms with Gasteiger partial charge in [0, 0.05) is 5.02 Å². The maximum atomic E-state index is 11.0. The molecule has 1 N–H and O–H groups in total. The second-order valence-electron chi connectivity index (χ2n) is 8.24. The van der Waals surface area contributed by atoms with Gasteiger partial charge >= 0.3 is 0 Å². The van der Waals surface area contributed by atoms with Gasteiger partial charge in [0.2, 0.25) is 10.8 Å². The highest BCUT2D eigenvalue weighted by Crippen LogP contribution is 2.43. The van der Waals surface area contributed by atoms with Gasteiger partial charge in [0.1, 0.15) is 5.82 Å². The summed E-state index contributed by atoms with van der Waals surface area (Å²) in [6, 6.07) is 18.6. The van der Waals surface area contributed by atoms with Gasteiger partial charge in [0.05, 0.1) is 10.9 Å². The van der Waals surface area contributed by atoms with E-state index in [0.29, 0.717) is 21.7 Å². The van der Waals surface area contributed by atoms with Crippen LogP contribution in [0.15, 0.2) is 54.6 Å². The number of fused-ring (bicyclic) bond motifs is 1. The standard InChI is InChI=1S/C24H25ClN4OS/c1-16-26-24-29(27-16)23(30)22(31-24)21(19-9-5-6-10-20(19)25)28-13-11-18(12-14-28)15-17-7-3-2-4-8-17/h2-10,18,21,30H,11-15H2,1H3. The summed E-state index contributed by atoms with van der Waals surface area (Å²) in [5, 5.41) is 16.1. The minimum absolute atomic E-state index is 0.111. The Bertz CT molecular complexity index is 1180. The van der Waals surface area contributed by atoms with E-state index in [9.17, 15) is 5.11 Å². The smallest absolute Gasteiger partial charge is 0.230 e. The third kappa shape index (κ3) is 4.07. The van der Waals surface area contributed by atoms with Gasteiger partial charge in [-0.3, -0.25) is 4.90 Å². The van der Waals surface area contributed by atoms with Crippen LogP contribution in [0.3, 0.4) is 0 Å². The molecule has 2 aromatic heterocycles. The summed E-state index contributed by atoms with van der Waals surface area (Å²) < 4.78 is 1.54. The number of benzene rings is 2. The first kappa shape index (κ1) is 20.5. The average Bonchev–Trinajstić information content (AvgIpc) is 3.29. The van der Waals surface area contributed by atoms with E-state index < -0.39 is 0 Å². The lowest BCUT2D eigenvalue weighted by Gasteiger charge is -2.37. The maximum Gasteiger partial charge on any atom is 0.230 e. The predicted octanol–water partition coefficient (Wildman–Crippen LogP) is 5.50. The summed E-state index contributed by atoms with van der Waals surface area (Å²) in [7, 11) is 0. The van der Waals surface area contributed by atoms with Crippen LogP contribution < -0.4 is 0 Å². The highest BCUT2D eigenvalue weighted by atomic mass is 35.5. The minimum Gasteiger partial charge on any atom is -0.492 e. The van der Waals surface area contributed by atoms with Gasteiger partial charge in [-0.25, -0.2) is 4.98 Å². The molecule has 3 heterocycles. The molecule has 4 aromatic rings. The molecule has 5 rings (SSSR count). The van der Waals surface area contributed by atoms with Gasteiger partial charge in [-0.15, -0.1) is 5.10 Å². The van der Waals surface area contributed by atoms with Gasteiger partial charge in [-0.2, -0.15) is 4.52 Å². The molecule has 7 heteroatoms. The highest BCUT2D eigenvalue weighted by Gasteiger charge is 2.33. The molecular formula is C24H25ClN4OS. The van der Waals surface area contributed by atoms with Crippen molar-refractivity contribution in [2.75, 3.05) is 13.1 Å². The zero-order chi connectivity index (χ0) is 21.4. The third-order valence-corrected chi connectivity index (χ3v) is 7.55. The van der Waals surface area contributed by atoms with Crippen LogP contribution in [0.5, 0.6) is 5.88 Å². The number of hydrogen-bond donors (Lipinski definition) is 1. The molecule has 1 aliphatic heterocycles. The number of likely N-dealkylation sites (tertiary alicyclic amines) is 1. The molecule has 2 aromatic carbocycles. The van der Waals surface area contributed by atoms with Crippen LogP contribution in [-0.2, 0) is 6.42 Å². The summed E-state index contributed by atoms with van der Waals surface area (Å²) in [6.45, 7) is 3.75. The van der Waals surface area contributed by atoms with E-state index in [1.165, 1.54) is 16.9 Å². The predicted molar refractivity (Wildman–Crippen MR) is 125 cm³/mol. The lowest BCUT2D eigenvalue weighted by molar-refractivity contribution is 0.151. The van der Waals surface area contributed by atoms with Crippen molar-refractivity contribution in [2.24, 2.45) is 5.92 Å². The van der Waals surface area contributed by atoms with E-state index in [1.54, 1.807) is 4.52 Å². The van der Waals surface area contributed by atoms with E-state index in [-0.39, 0.29) is 11.9 Å². The van der Waals surface area contributed by atoms with Gasteiger partial charge in [0.15, 0.2) is 0 Å². The van der Waals surface area contributed by atoms with Crippen molar-refractivity contribution in [1.29, 1.82) is 0 Å². The van der Waals surface area contributed by atoms with Crippen molar-refractivity contribution >= 4 is 27.9 Å². The summed E-state index contributed by atoms with van der Waals surface area (Å²) in [5.41, 5.74) is 2.42. The Balaban J connectivity index is 1.44. The molecule has 1 unspecified atom stereocenters. The van der Waals surface area contributed by atoms with Crippen LogP contribution >= 0.6 is 22.9 Å². The van der Waals surface area contributed by atoms with Gasteiger partial charge in [0.25, 0.3) is 0 Å². The van der Waals surface area contributed by atoms with Gasteiger partial charge in [-0.05, 0) is 62.4 Å². The van der Waals surface area contributed by atoms with Gasteiger partial charge < -0.3 is 5.11 Å². The number of nitrogens with zero attached hydrogens (tertiary/aromatic N) is 4. The molecule has 1 fully saturated rings. The fraction of sp³-hybridized carbons (Fsp3) is 0.333. The molecular weight excluding hydrogens is 428 g/mol. The Kier molecular flexibility index (Phi) is 5.69. The topological polar surface area (TPSA) is 53.7 Å². The largest absolute Gasteiger partial charge is 0.492 e. The summed E-state index contributed by atoms with van der Waals surface area (Å²) >= 11 is 8.13. The van der Waals surface area contributed by atoms with Crippen LogP contribution in [0.1, 0.15) is 40.7 Å². The molecule has 1 saturated heterocycles. The molecule has 1 atom stereocenters. The van der Waals surface area contributed by atoms with Crippen molar-refractivity contribution in [2.45, 2.75) is 32.2 Å². The normalized spacial score (nSPS) is 16.7. The Morgan fingerprint density at radius 1 is 1.10 bits per heavy atom. The van der Waals surface area contributed by atoms with Gasteiger partial charge in [-0.1, -0.05) is 71.5 Å². The van der Waals surface area contributed by atoms with Crippen LogP contribution in [0.2, 0.25) is 5.02 Å². The Hall–Kier alpha value is -2.41.